The fourth-order valence-corrected chi connectivity index (χ4v) is 4.22. The molecule has 4 nitrogen and oxygen atoms in total. The Balaban J connectivity index is 1.76. The highest BCUT2D eigenvalue weighted by atomic mass is 35.5. The Kier molecular flexibility index (Phi) is 6.20. The lowest BCUT2D eigenvalue weighted by molar-refractivity contribution is 0.0818. The fourth-order valence-electron chi connectivity index (χ4n) is 3.00. The van der Waals surface area contributed by atoms with Crippen molar-refractivity contribution in [1.29, 1.82) is 0 Å². The highest BCUT2D eigenvalue weighted by Gasteiger charge is 2.16. The van der Waals surface area contributed by atoms with E-state index in [1.165, 1.54) is 23.6 Å². The summed E-state index contributed by atoms with van der Waals surface area (Å²) in [6, 6.07) is 7.95. The quantitative estimate of drug-likeness (QED) is 0.296. The molecule has 0 saturated heterocycles. The molecule has 4 rings (SSSR count). The Morgan fingerprint density at radius 1 is 1.19 bits per heavy atom. The van der Waals surface area contributed by atoms with Crippen LogP contribution in [-0.4, -0.2) is 29.1 Å². The Labute approximate surface area is 185 Å². The molecule has 0 aliphatic heterocycles. The molecule has 2 aromatic heterocycles. The number of thiazole rings is 1. The summed E-state index contributed by atoms with van der Waals surface area (Å²) in [5.74, 6) is -0.118. The number of hydrogen-bond donors (Lipinski definition) is 0. The normalized spacial score (nSPS) is 12.6. The maximum atomic E-state index is 14.4. The van der Waals surface area contributed by atoms with Gasteiger partial charge >= 0.3 is 0 Å². The fraction of sp³-hybridized carbons (Fsp3) is 0.227. The summed E-state index contributed by atoms with van der Waals surface area (Å²) >= 11 is 7.63. The second kappa shape index (κ2) is 8.88. The number of alkyl halides is 2. The van der Waals surface area contributed by atoms with Crippen LogP contribution in [0.15, 0.2) is 36.5 Å². The number of fused-ring (bicyclic) bond motifs is 2. The van der Waals surface area contributed by atoms with E-state index in [4.69, 9.17) is 21.1 Å². The Bertz CT molecular complexity index is 1250. The van der Waals surface area contributed by atoms with E-state index in [-0.39, 0.29) is 17.6 Å². The molecular weight excluding hydrogens is 449 g/mol. The van der Waals surface area contributed by atoms with Gasteiger partial charge in [0.1, 0.15) is 17.4 Å². The van der Waals surface area contributed by atoms with E-state index in [1.54, 1.807) is 24.3 Å². The van der Waals surface area contributed by atoms with E-state index in [9.17, 15) is 13.2 Å². The van der Waals surface area contributed by atoms with Crippen molar-refractivity contribution in [1.82, 2.24) is 9.97 Å². The van der Waals surface area contributed by atoms with Crippen molar-refractivity contribution in [2.45, 2.75) is 26.4 Å². The molecule has 4 aromatic rings. The van der Waals surface area contributed by atoms with E-state index in [2.05, 4.69) is 9.97 Å². The van der Waals surface area contributed by atoms with Gasteiger partial charge in [0.2, 0.25) is 0 Å². The topological polar surface area (TPSA) is 44.2 Å². The first-order chi connectivity index (χ1) is 14.8. The van der Waals surface area contributed by atoms with Crippen molar-refractivity contribution in [2.75, 3.05) is 6.61 Å². The van der Waals surface area contributed by atoms with Gasteiger partial charge in [-0.15, -0.1) is 11.3 Å². The van der Waals surface area contributed by atoms with Crippen molar-refractivity contribution in [3.8, 4) is 22.1 Å². The second-order valence-electron chi connectivity index (χ2n) is 6.82. The zero-order valence-corrected chi connectivity index (χ0v) is 18.1. The average molecular weight is 466 g/mol. The summed E-state index contributed by atoms with van der Waals surface area (Å²) in [4.78, 5) is 8.91. The molecule has 1 radical (unpaired) electrons. The minimum atomic E-state index is -2.58. The first kappa shape index (κ1) is 21.6. The van der Waals surface area contributed by atoms with Crippen LogP contribution in [0.2, 0.25) is 5.02 Å². The van der Waals surface area contributed by atoms with Gasteiger partial charge in [0, 0.05) is 28.1 Å². The maximum Gasteiger partial charge on any atom is 0.272 e. The van der Waals surface area contributed by atoms with Gasteiger partial charge in [0.05, 0.1) is 28.0 Å². The zero-order valence-electron chi connectivity index (χ0n) is 16.5. The molecule has 0 aliphatic carbocycles. The van der Waals surface area contributed by atoms with Crippen LogP contribution < -0.4 is 9.47 Å². The van der Waals surface area contributed by atoms with Crippen LogP contribution in [-0.2, 0) is 0 Å². The molecule has 0 saturated carbocycles. The summed E-state index contributed by atoms with van der Waals surface area (Å²) in [7, 11) is 0. The molecule has 0 spiro atoms. The van der Waals surface area contributed by atoms with Crippen molar-refractivity contribution in [3.05, 3.63) is 53.8 Å². The lowest BCUT2D eigenvalue weighted by atomic mass is 10.1. The minimum Gasteiger partial charge on any atom is -0.487 e. The van der Waals surface area contributed by atoms with Crippen molar-refractivity contribution < 1.29 is 22.6 Å². The van der Waals surface area contributed by atoms with Gasteiger partial charge in [-0.25, -0.2) is 18.2 Å². The van der Waals surface area contributed by atoms with E-state index in [0.29, 0.717) is 32.0 Å². The molecule has 0 unspecified atom stereocenters. The van der Waals surface area contributed by atoms with Crippen LogP contribution in [0.1, 0.15) is 13.8 Å². The first-order valence-corrected chi connectivity index (χ1v) is 10.6. The molecular formula is C22H17ClF3N2O2S. The number of aromatic nitrogens is 2. The largest absolute Gasteiger partial charge is 0.487 e. The predicted molar refractivity (Wildman–Crippen MR) is 117 cm³/mol. The Hall–Kier alpha value is -2.58. The van der Waals surface area contributed by atoms with Crippen molar-refractivity contribution >= 4 is 44.1 Å². The van der Waals surface area contributed by atoms with E-state index >= 15 is 0 Å². The summed E-state index contributed by atoms with van der Waals surface area (Å²) in [5.41, 5.74) is 1.73. The molecule has 2 heterocycles. The Morgan fingerprint density at radius 3 is 2.74 bits per heavy atom. The van der Waals surface area contributed by atoms with Gasteiger partial charge in [-0.1, -0.05) is 18.5 Å². The summed E-state index contributed by atoms with van der Waals surface area (Å²) in [6.07, 6.45) is 0.386. The molecule has 0 N–H and O–H groups in total. The molecule has 9 heteroatoms. The lowest BCUT2D eigenvalue weighted by Gasteiger charge is -2.12. The molecule has 2 aromatic carbocycles. The molecule has 0 bridgehead atoms. The summed E-state index contributed by atoms with van der Waals surface area (Å²) in [6.45, 7) is 2.95. The summed E-state index contributed by atoms with van der Waals surface area (Å²) < 4.78 is 50.7. The third-order valence-corrected chi connectivity index (χ3v) is 5.82. The number of nitrogens with zero attached hydrogens (tertiary/aromatic N) is 2. The van der Waals surface area contributed by atoms with E-state index in [1.807, 2.05) is 20.3 Å². The average Bonchev–Trinajstić information content (AvgIpc) is 3.13. The third kappa shape index (κ3) is 4.70. The highest BCUT2D eigenvalue weighted by molar-refractivity contribution is 7.21. The van der Waals surface area contributed by atoms with Gasteiger partial charge < -0.3 is 9.47 Å². The first-order valence-electron chi connectivity index (χ1n) is 9.41. The van der Waals surface area contributed by atoms with Gasteiger partial charge in [-0.3, -0.25) is 4.98 Å². The van der Waals surface area contributed by atoms with Crippen LogP contribution in [0.25, 0.3) is 31.7 Å². The van der Waals surface area contributed by atoms with Crippen LogP contribution >= 0.6 is 22.9 Å². The van der Waals surface area contributed by atoms with Crippen LogP contribution in [0, 0.1) is 12.2 Å². The molecule has 1 atom stereocenters. The maximum absolute atomic E-state index is 14.4. The summed E-state index contributed by atoms with van der Waals surface area (Å²) in [5, 5.41) is 1.65. The molecule has 0 amide bonds. The lowest BCUT2D eigenvalue weighted by Crippen LogP contribution is -2.11. The number of ether oxygens (including phenoxy) is 2. The second-order valence-corrected chi connectivity index (χ2v) is 8.29. The van der Waals surface area contributed by atoms with E-state index in [0.717, 1.165) is 4.70 Å². The van der Waals surface area contributed by atoms with Gasteiger partial charge in [-0.2, -0.15) is 0 Å². The predicted octanol–water partition coefficient (Wildman–Crippen LogP) is 6.94. The van der Waals surface area contributed by atoms with Crippen LogP contribution in [0.5, 0.6) is 11.5 Å². The molecule has 0 fully saturated rings. The van der Waals surface area contributed by atoms with Gasteiger partial charge in [0.15, 0.2) is 11.6 Å². The standard InChI is InChI=1S/C22H17ClF3N2O2S/c1-3-11(2)30-18-8-19-17(7-16(18)24)28-22(31-19)15-6-13(23)4-12-5-14(9-27-21(12)15)29-10-20(25)26/h3-9,11,20H,10H2,1-2H3/t11-/m0/s1. The number of rotatable bonds is 7. The van der Waals surface area contributed by atoms with Crippen molar-refractivity contribution in [2.24, 2.45) is 0 Å². The zero-order chi connectivity index (χ0) is 22.1. The molecule has 161 valence electrons. The number of halogens is 4. The highest BCUT2D eigenvalue weighted by Crippen LogP contribution is 2.38. The number of hydrogen-bond acceptors (Lipinski definition) is 5. The van der Waals surface area contributed by atoms with Gasteiger partial charge in [0.25, 0.3) is 6.43 Å². The number of pyridine rings is 1. The number of benzene rings is 2. The Morgan fingerprint density at radius 2 is 2.00 bits per heavy atom. The monoisotopic (exact) mass is 465 g/mol. The molecule has 31 heavy (non-hydrogen) atoms. The van der Waals surface area contributed by atoms with Crippen LogP contribution in [0.3, 0.4) is 0 Å². The smallest absolute Gasteiger partial charge is 0.272 e. The minimum absolute atomic E-state index is 0.156. The van der Waals surface area contributed by atoms with Gasteiger partial charge in [-0.05, 0) is 31.5 Å². The third-order valence-electron chi connectivity index (χ3n) is 4.55. The molecule has 0 aliphatic rings. The van der Waals surface area contributed by atoms with Crippen molar-refractivity contribution in [3.63, 3.8) is 0 Å². The van der Waals surface area contributed by atoms with E-state index < -0.39 is 18.8 Å². The van der Waals surface area contributed by atoms with Crippen LogP contribution in [0.4, 0.5) is 13.2 Å². The SMILES string of the molecule is C[CH][C@H](C)Oc1cc2sc(-c3cc(Cl)cc4cc(OCC(F)F)cnc34)nc2cc1F.